The summed E-state index contributed by atoms with van der Waals surface area (Å²) in [6, 6.07) is 3.29. The summed E-state index contributed by atoms with van der Waals surface area (Å²) in [5.74, 6) is -0.319. The van der Waals surface area contributed by atoms with Gasteiger partial charge in [-0.3, -0.25) is 0 Å². The molecule has 1 aromatic rings. The summed E-state index contributed by atoms with van der Waals surface area (Å²) in [6.45, 7) is 5.33. The average Bonchev–Trinajstić information content (AvgIpc) is 2.39. The Bertz CT molecular complexity index is 363. The molecule has 1 atom stereocenters. The SMILES string of the molecule is CCCCC(CC)CNc1ccc(C(=O)O)nc1. The second-order valence-electron chi connectivity index (χ2n) is 4.53. The highest BCUT2D eigenvalue weighted by molar-refractivity contribution is 5.85. The van der Waals surface area contributed by atoms with Crippen molar-refractivity contribution in [3.05, 3.63) is 24.0 Å². The van der Waals surface area contributed by atoms with Crippen LogP contribution in [0.25, 0.3) is 0 Å². The summed E-state index contributed by atoms with van der Waals surface area (Å²) in [6.07, 6.45) is 6.46. The molecule has 0 fully saturated rings. The second-order valence-corrected chi connectivity index (χ2v) is 4.53. The van der Waals surface area contributed by atoms with Gasteiger partial charge in [-0.15, -0.1) is 0 Å². The number of rotatable bonds is 8. The van der Waals surface area contributed by atoms with Gasteiger partial charge in [0.25, 0.3) is 0 Å². The van der Waals surface area contributed by atoms with E-state index in [9.17, 15) is 4.79 Å². The van der Waals surface area contributed by atoms with Gasteiger partial charge in [-0.1, -0.05) is 33.1 Å². The van der Waals surface area contributed by atoms with Gasteiger partial charge < -0.3 is 10.4 Å². The Morgan fingerprint density at radius 1 is 1.44 bits per heavy atom. The Labute approximate surface area is 108 Å². The van der Waals surface area contributed by atoms with Crippen molar-refractivity contribution >= 4 is 11.7 Å². The molecular formula is C14H22N2O2. The van der Waals surface area contributed by atoms with Crippen LogP contribution in [0.2, 0.25) is 0 Å². The fourth-order valence-corrected chi connectivity index (χ4v) is 1.83. The first-order valence-electron chi connectivity index (χ1n) is 6.60. The standard InChI is InChI=1S/C14H22N2O2/c1-3-5-6-11(4-2)9-15-12-7-8-13(14(17)18)16-10-12/h7-8,10-11,15H,3-6,9H2,1-2H3,(H,17,18). The first-order chi connectivity index (χ1) is 8.67. The summed E-state index contributed by atoms with van der Waals surface area (Å²) in [7, 11) is 0. The van der Waals surface area contributed by atoms with Crippen LogP contribution in [0.4, 0.5) is 5.69 Å². The molecule has 0 saturated heterocycles. The van der Waals surface area contributed by atoms with Crippen molar-refractivity contribution < 1.29 is 9.90 Å². The van der Waals surface area contributed by atoms with E-state index in [0.717, 1.165) is 18.7 Å². The van der Waals surface area contributed by atoms with E-state index in [1.165, 1.54) is 25.3 Å². The van der Waals surface area contributed by atoms with E-state index < -0.39 is 5.97 Å². The van der Waals surface area contributed by atoms with Crippen LogP contribution < -0.4 is 5.32 Å². The minimum absolute atomic E-state index is 0.0820. The van der Waals surface area contributed by atoms with Gasteiger partial charge in [-0.25, -0.2) is 9.78 Å². The van der Waals surface area contributed by atoms with Gasteiger partial charge in [-0.05, 0) is 24.5 Å². The Balaban J connectivity index is 2.44. The molecule has 0 spiro atoms. The number of aromatic nitrogens is 1. The van der Waals surface area contributed by atoms with Crippen LogP contribution in [0.3, 0.4) is 0 Å². The predicted molar refractivity (Wildman–Crippen MR) is 73.0 cm³/mol. The number of carboxylic acid groups (broad SMARTS) is 1. The third-order valence-corrected chi connectivity index (χ3v) is 3.12. The molecule has 0 bridgehead atoms. The highest BCUT2D eigenvalue weighted by Crippen LogP contribution is 2.14. The monoisotopic (exact) mass is 250 g/mol. The second kappa shape index (κ2) is 7.69. The maximum atomic E-state index is 10.7. The summed E-state index contributed by atoms with van der Waals surface area (Å²) in [5, 5.41) is 12.1. The molecule has 0 aliphatic carbocycles. The third-order valence-electron chi connectivity index (χ3n) is 3.12. The lowest BCUT2D eigenvalue weighted by Crippen LogP contribution is -2.14. The lowest BCUT2D eigenvalue weighted by molar-refractivity contribution is 0.0690. The van der Waals surface area contributed by atoms with Crippen molar-refractivity contribution in [2.45, 2.75) is 39.5 Å². The summed E-state index contributed by atoms with van der Waals surface area (Å²) in [5.41, 5.74) is 0.966. The molecular weight excluding hydrogens is 228 g/mol. The van der Waals surface area contributed by atoms with Gasteiger partial charge in [0.2, 0.25) is 0 Å². The van der Waals surface area contributed by atoms with Crippen molar-refractivity contribution in [3.8, 4) is 0 Å². The number of aromatic carboxylic acids is 1. The molecule has 0 amide bonds. The Morgan fingerprint density at radius 3 is 2.72 bits per heavy atom. The van der Waals surface area contributed by atoms with E-state index in [2.05, 4.69) is 24.1 Å². The highest BCUT2D eigenvalue weighted by Gasteiger charge is 2.07. The summed E-state index contributed by atoms with van der Waals surface area (Å²) >= 11 is 0. The van der Waals surface area contributed by atoms with Crippen LogP contribution in [0.5, 0.6) is 0 Å². The van der Waals surface area contributed by atoms with Crippen LogP contribution in [0.15, 0.2) is 18.3 Å². The van der Waals surface area contributed by atoms with Crippen molar-refractivity contribution in [3.63, 3.8) is 0 Å². The first kappa shape index (κ1) is 14.5. The van der Waals surface area contributed by atoms with Gasteiger partial charge in [-0.2, -0.15) is 0 Å². The van der Waals surface area contributed by atoms with E-state index >= 15 is 0 Å². The molecule has 4 heteroatoms. The van der Waals surface area contributed by atoms with Crippen LogP contribution >= 0.6 is 0 Å². The average molecular weight is 250 g/mol. The topological polar surface area (TPSA) is 62.2 Å². The number of carboxylic acids is 1. The van der Waals surface area contributed by atoms with Gasteiger partial charge >= 0.3 is 5.97 Å². The minimum atomic E-state index is -0.990. The minimum Gasteiger partial charge on any atom is -0.477 e. The van der Waals surface area contributed by atoms with Gasteiger partial charge in [0, 0.05) is 6.54 Å². The maximum absolute atomic E-state index is 10.7. The number of pyridine rings is 1. The fourth-order valence-electron chi connectivity index (χ4n) is 1.83. The number of hydrogen-bond donors (Lipinski definition) is 2. The summed E-state index contributed by atoms with van der Waals surface area (Å²) < 4.78 is 0. The van der Waals surface area contributed by atoms with E-state index in [0.29, 0.717) is 5.92 Å². The van der Waals surface area contributed by atoms with E-state index in [4.69, 9.17) is 5.11 Å². The number of unbranched alkanes of at least 4 members (excludes halogenated alkanes) is 1. The van der Waals surface area contributed by atoms with Crippen LogP contribution in [-0.4, -0.2) is 22.6 Å². The number of nitrogens with one attached hydrogen (secondary N) is 1. The lowest BCUT2D eigenvalue weighted by atomic mass is 9.99. The lowest BCUT2D eigenvalue weighted by Gasteiger charge is -2.15. The van der Waals surface area contributed by atoms with Crippen molar-refractivity contribution in [2.75, 3.05) is 11.9 Å². The summed E-state index contributed by atoms with van der Waals surface area (Å²) in [4.78, 5) is 14.5. The molecule has 1 unspecified atom stereocenters. The molecule has 18 heavy (non-hydrogen) atoms. The zero-order valence-corrected chi connectivity index (χ0v) is 11.1. The van der Waals surface area contributed by atoms with Crippen LogP contribution in [0, 0.1) is 5.92 Å². The van der Waals surface area contributed by atoms with Crippen LogP contribution in [-0.2, 0) is 0 Å². The van der Waals surface area contributed by atoms with Crippen LogP contribution in [0.1, 0.15) is 50.0 Å². The molecule has 0 saturated carbocycles. The number of hydrogen-bond acceptors (Lipinski definition) is 3. The van der Waals surface area contributed by atoms with Gasteiger partial charge in [0.1, 0.15) is 5.69 Å². The van der Waals surface area contributed by atoms with Gasteiger partial charge in [0.05, 0.1) is 11.9 Å². The fraction of sp³-hybridized carbons (Fsp3) is 0.571. The number of carbonyl (C=O) groups is 1. The first-order valence-corrected chi connectivity index (χ1v) is 6.60. The molecule has 4 nitrogen and oxygen atoms in total. The van der Waals surface area contributed by atoms with Crippen molar-refractivity contribution in [1.82, 2.24) is 4.98 Å². The molecule has 0 aliphatic heterocycles. The largest absolute Gasteiger partial charge is 0.477 e. The molecule has 0 radical (unpaired) electrons. The molecule has 100 valence electrons. The maximum Gasteiger partial charge on any atom is 0.354 e. The molecule has 2 N–H and O–H groups in total. The Kier molecular flexibility index (Phi) is 6.19. The van der Waals surface area contributed by atoms with Gasteiger partial charge in [0.15, 0.2) is 0 Å². The highest BCUT2D eigenvalue weighted by atomic mass is 16.4. The molecule has 1 rings (SSSR count). The molecule has 1 heterocycles. The van der Waals surface area contributed by atoms with E-state index in [-0.39, 0.29) is 5.69 Å². The van der Waals surface area contributed by atoms with E-state index in [1.54, 1.807) is 12.3 Å². The Hall–Kier alpha value is -1.58. The third kappa shape index (κ3) is 4.73. The normalized spacial score (nSPS) is 12.1. The molecule has 0 aromatic carbocycles. The smallest absolute Gasteiger partial charge is 0.354 e. The molecule has 1 aromatic heterocycles. The molecule has 0 aliphatic rings. The number of nitrogens with zero attached hydrogens (tertiary/aromatic N) is 1. The van der Waals surface area contributed by atoms with E-state index in [1.807, 2.05) is 0 Å². The van der Waals surface area contributed by atoms with Crippen molar-refractivity contribution in [1.29, 1.82) is 0 Å². The zero-order chi connectivity index (χ0) is 13.4. The quantitative estimate of drug-likeness (QED) is 0.742. The predicted octanol–water partition coefficient (Wildman–Crippen LogP) is 3.41. The van der Waals surface area contributed by atoms with Crippen molar-refractivity contribution in [2.24, 2.45) is 5.92 Å². The zero-order valence-electron chi connectivity index (χ0n) is 11.1. The Morgan fingerprint density at radius 2 is 2.22 bits per heavy atom. The number of anilines is 1.